The molecule has 0 radical (unpaired) electrons. The van der Waals surface area contributed by atoms with Gasteiger partial charge in [0.25, 0.3) is 5.91 Å². The number of likely N-dealkylation sites (tertiary alicyclic amines) is 1. The number of nitrogens with one attached hydrogen (secondary N) is 1. The van der Waals surface area contributed by atoms with E-state index in [4.69, 9.17) is 10.5 Å². The molecule has 0 spiro atoms. The Morgan fingerprint density at radius 3 is 2.44 bits per heavy atom. The second-order valence-corrected chi connectivity index (χ2v) is 6.84. The molecule has 136 valence electrons. The summed E-state index contributed by atoms with van der Waals surface area (Å²) in [7, 11) is 0. The number of carbonyl (C=O) groups is 3. The Balaban J connectivity index is 2.06. The summed E-state index contributed by atoms with van der Waals surface area (Å²) in [5.74, 6) is -1.56. The van der Waals surface area contributed by atoms with Crippen LogP contribution >= 0.6 is 0 Å². The van der Waals surface area contributed by atoms with Crippen molar-refractivity contribution in [3.63, 3.8) is 0 Å². The molecule has 1 heterocycles. The summed E-state index contributed by atoms with van der Waals surface area (Å²) in [6, 6.07) is 5.36. The van der Waals surface area contributed by atoms with E-state index in [1.165, 1.54) is 29.2 Å². The number of carbonyl (C=O) groups excluding carboxylic acids is 3. The molecule has 0 aliphatic carbocycles. The lowest BCUT2D eigenvalue weighted by molar-refractivity contribution is -0.130. The minimum Gasteiger partial charge on any atom is -0.444 e. The zero-order valence-electron chi connectivity index (χ0n) is 14.2. The van der Waals surface area contributed by atoms with Crippen LogP contribution in [0.25, 0.3) is 0 Å². The highest BCUT2D eigenvalue weighted by atomic mass is 19.3. The third-order valence-electron chi connectivity index (χ3n) is 3.58. The van der Waals surface area contributed by atoms with E-state index in [0.717, 1.165) is 0 Å². The number of hydrogen-bond donors (Lipinski definition) is 2. The first-order chi connectivity index (χ1) is 11.6. The summed E-state index contributed by atoms with van der Waals surface area (Å²) in [6.07, 6.45) is -0.605. The average Bonchev–Trinajstić information content (AvgIpc) is 2.48. The molecule has 0 bridgehead atoms. The standard InChI is InChI=1S/C16H20FN3O5/c1-15(2,3)24-14(23)20-8-16(9-20,13(18)22)19-12(21)10-5-4-6-11(7-10)25-17/h4-7H,8-9H2,1-3H3,(H2,18,22)(H,19,21). The number of rotatable bonds is 4. The summed E-state index contributed by atoms with van der Waals surface area (Å²) in [4.78, 5) is 40.9. The predicted molar refractivity (Wildman–Crippen MR) is 85.4 cm³/mol. The van der Waals surface area contributed by atoms with Gasteiger partial charge in [0.15, 0.2) is 11.3 Å². The number of halogens is 1. The second kappa shape index (κ2) is 6.58. The van der Waals surface area contributed by atoms with Crippen LogP contribution in [0.15, 0.2) is 24.3 Å². The normalized spacial score (nSPS) is 15.8. The molecule has 2 rings (SSSR count). The van der Waals surface area contributed by atoms with Gasteiger partial charge in [-0.15, -0.1) is 0 Å². The lowest BCUT2D eigenvalue weighted by Crippen LogP contribution is -2.76. The van der Waals surface area contributed by atoms with Crippen molar-refractivity contribution >= 4 is 17.9 Å². The fraction of sp³-hybridized carbons (Fsp3) is 0.438. The maximum atomic E-state index is 12.3. The van der Waals surface area contributed by atoms with Gasteiger partial charge in [-0.2, -0.15) is 0 Å². The van der Waals surface area contributed by atoms with Crippen molar-refractivity contribution in [1.29, 1.82) is 0 Å². The molecule has 25 heavy (non-hydrogen) atoms. The first kappa shape index (κ1) is 18.5. The molecular formula is C16H20FN3O5. The van der Waals surface area contributed by atoms with Crippen molar-refractivity contribution in [2.75, 3.05) is 13.1 Å². The Labute approximate surface area is 144 Å². The number of nitrogens with zero attached hydrogens (tertiary/aromatic N) is 1. The molecule has 0 unspecified atom stereocenters. The molecular weight excluding hydrogens is 333 g/mol. The van der Waals surface area contributed by atoms with E-state index in [-0.39, 0.29) is 24.4 Å². The SMILES string of the molecule is CC(C)(C)OC(=O)N1CC(NC(=O)c2cccc(OF)c2)(C(N)=O)C1. The highest BCUT2D eigenvalue weighted by Crippen LogP contribution is 2.24. The summed E-state index contributed by atoms with van der Waals surface area (Å²) in [5, 5.41) is 2.50. The zero-order valence-corrected chi connectivity index (χ0v) is 14.2. The van der Waals surface area contributed by atoms with Crippen LogP contribution in [0.4, 0.5) is 9.32 Å². The average molecular weight is 353 g/mol. The largest absolute Gasteiger partial charge is 0.444 e. The molecule has 1 saturated heterocycles. The molecule has 0 aromatic heterocycles. The molecule has 3 N–H and O–H groups in total. The molecule has 1 fully saturated rings. The van der Waals surface area contributed by atoms with E-state index < -0.39 is 29.0 Å². The van der Waals surface area contributed by atoms with Crippen molar-refractivity contribution in [3.8, 4) is 5.75 Å². The fourth-order valence-corrected chi connectivity index (χ4v) is 2.33. The quantitative estimate of drug-likeness (QED) is 0.844. The Bertz CT molecular complexity index is 695. The Morgan fingerprint density at radius 2 is 1.92 bits per heavy atom. The van der Waals surface area contributed by atoms with Crippen LogP contribution in [0.2, 0.25) is 0 Å². The second-order valence-electron chi connectivity index (χ2n) is 6.84. The first-order valence-corrected chi connectivity index (χ1v) is 7.55. The summed E-state index contributed by atoms with van der Waals surface area (Å²) < 4.78 is 17.4. The molecule has 0 atom stereocenters. The van der Waals surface area contributed by atoms with Crippen molar-refractivity contribution in [3.05, 3.63) is 29.8 Å². The van der Waals surface area contributed by atoms with Gasteiger partial charge in [-0.3, -0.25) is 14.5 Å². The van der Waals surface area contributed by atoms with Gasteiger partial charge in [0.05, 0.1) is 13.1 Å². The predicted octanol–water partition coefficient (Wildman–Crippen LogP) is 1.15. The maximum absolute atomic E-state index is 12.3. The molecule has 8 nitrogen and oxygen atoms in total. The first-order valence-electron chi connectivity index (χ1n) is 7.55. The number of primary amides is 1. The van der Waals surface area contributed by atoms with Gasteiger partial charge in [-0.1, -0.05) is 6.07 Å². The van der Waals surface area contributed by atoms with E-state index in [1.54, 1.807) is 20.8 Å². The van der Waals surface area contributed by atoms with E-state index in [9.17, 15) is 18.9 Å². The lowest BCUT2D eigenvalue weighted by Gasteiger charge is -2.47. The van der Waals surface area contributed by atoms with Crippen molar-refractivity contribution in [1.82, 2.24) is 10.2 Å². The fourth-order valence-electron chi connectivity index (χ4n) is 2.33. The third kappa shape index (κ3) is 4.17. The van der Waals surface area contributed by atoms with E-state index in [1.807, 2.05) is 0 Å². The molecule has 1 aliphatic heterocycles. The zero-order chi connectivity index (χ0) is 18.8. The Hall–Kier alpha value is -2.84. The monoisotopic (exact) mass is 353 g/mol. The number of ether oxygens (including phenoxy) is 1. The smallest absolute Gasteiger partial charge is 0.410 e. The summed E-state index contributed by atoms with van der Waals surface area (Å²) >= 11 is 0. The van der Waals surface area contributed by atoms with Gasteiger partial charge in [0.1, 0.15) is 5.60 Å². The molecule has 1 aliphatic rings. The Morgan fingerprint density at radius 1 is 1.28 bits per heavy atom. The van der Waals surface area contributed by atoms with Crippen LogP contribution in [0.5, 0.6) is 5.75 Å². The van der Waals surface area contributed by atoms with Gasteiger partial charge < -0.3 is 20.7 Å². The van der Waals surface area contributed by atoms with Crippen LogP contribution in [0.3, 0.4) is 0 Å². The lowest BCUT2D eigenvalue weighted by atomic mass is 9.88. The van der Waals surface area contributed by atoms with Crippen LogP contribution < -0.4 is 16.0 Å². The minimum absolute atomic E-state index is 0.0893. The van der Waals surface area contributed by atoms with E-state index >= 15 is 0 Å². The van der Waals surface area contributed by atoms with Gasteiger partial charge in [-0.25, -0.2) is 4.79 Å². The number of hydrogen-bond acceptors (Lipinski definition) is 5. The summed E-state index contributed by atoms with van der Waals surface area (Å²) in [6.45, 7) is 4.93. The maximum Gasteiger partial charge on any atom is 0.410 e. The van der Waals surface area contributed by atoms with Gasteiger partial charge >= 0.3 is 6.09 Å². The van der Waals surface area contributed by atoms with Crippen molar-refractivity contribution < 1.29 is 28.6 Å². The van der Waals surface area contributed by atoms with Crippen molar-refractivity contribution in [2.24, 2.45) is 5.73 Å². The van der Waals surface area contributed by atoms with Gasteiger partial charge in [-0.05, 0) is 39.0 Å². The van der Waals surface area contributed by atoms with Crippen LogP contribution in [0.1, 0.15) is 31.1 Å². The topological polar surface area (TPSA) is 111 Å². The van der Waals surface area contributed by atoms with Gasteiger partial charge in [0, 0.05) is 10.1 Å². The molecule has 1 aromatic rings. The van der Waals surface area contributed by atoms with Crippen molar-refractivity contribution in [2.45, 2.75) is 31.9 Å². The van der Waals surface area contributed by atoms with Crippen LogP contribution in [0, 0.1) is 0 Å². The molecule has 3 amide bonds. The highest BCUT2D eigenvalue weighted by Gasteiger charge is 2.52. The van der Waals surface area contributed by atoms with Crippen LogP contribution in [-0.4, -0.2) is 47.0 Å². The van der Waals surface area contributed by atoms with E-state index in [2.05, 4.69) is 10.3 Å². The molecule has 0 saturated carbocycles. The Kier molecular flexibility index (Phi) is 4.87. The number of nitrogens with two attached hydrogens (primary N) is 1. The van der Waals surface area contributed by atoms with Gasteiger partial charge in [0.2, 0.25) is 5.91 Å². The number of benzene rings is 1. The highest BCUT2D eigenvalue weighted by molar-refractivity contribution is 6.00. The number of amides is 3. The summed E-state index contributed by atoms with van der Waals surface area (Å²) in [5.41, 5.74) is 3.39. The molecule has 9 heteroatoms. The third-order valence-corrected chi connectivity index (χ3v) is 3.58. The molecule has 1 aromatic carbocycles. The van der Waals surface area contributed by atoms with E-state index in [0.29, 0.717) is 0 Å². The van der Waals surface area contributed by atoms with Crippen LogP contribution in [-0.2, 0) is 9.53 Å². The minimum atomic E-state index is -1.40.